The molecule has 5 heteroatoms. The smallest absolute Gasteiger partial charge is 0.180 e. The van der Waals surface area contributed by atoms with Gasteiger partial charge in [0.05, 0.1) is 10.7 Å². The van der Waals surface area contributed by atoms with Gasteiger partial charge in [-0.2, -0.15) is 0 Å². The van der Waals surface area contributed by atoms with Crippen LogP contribution >= 0.6 is 34.3 Å². The molecule has 72 valence electrons. The number of hydrogen-bond acceptors (Lipinski definition) is 4. The van der Waals surface area contributed by atoms with Crippen molar-refractivity contribution < 1.29 is 0 Å². The predicted octanol–water partition coefficient (Wildman–Crippen LogP) is 3.61. The fourth-order valence-electron chi connectivity index (χ4n) is 0.963. The van der Waals surface area contributed by atoms with Gasteiger partial charge in [-0.15, -0.1) is 22.7 Å². The summed E-state index contributed by atoms with van der Waals surface area (Å²) >= 11 is 8.96. The van der Waals surface area contributed by atoms with E-state index in [0.29, 0.717) is 5.13 Å². The van der Waals surface area contributed by atoms with E-state index in [1.807, 2.05) is 29.0 Å². The van der Waals surface area contributed by atoms with Crippen molar-refractivity contribution in [1.82, 2.24) is 4.98 Å². The standard InChI is InChI=1S/C9H7ClN2S2/c10-7-3-4-13-8(7)2-1-6-5-14-9(11)12-6/h1-5H,(H2,11,12)/b2-1+. The first-order valence-electron chi connectivity index (χ1n) is 3.88. The summed E-state index contributed by atoms with van der Waals surface area (Å²) < 4.78 is 0. The van der Waals surface area contributed by atoms with E-state index < -0.39 is 0 Å². The molecule has 2 rings (SSSR count). The summed E-state index contributed by atoms with van der Waals surface area (Å²) in [6, 6.07) is 1.88. The van der Waals surface area contributed by atoms with Crippen molar-refractivity contribution in [3.05, 3.63) is 32.4 Å². The molecule has 14 heavy (non-hydrogen) atoms. The maximum atomic E-state index is 5.93. The lowest BCUT2D eigenvalue weighted by Gasteiger charge is -1.86. The van der Waals surface area contributed by atoms with Gasteiger partial charge in [-0.25, -0.2) is 4.98 Å². The molecular weight excluding hydrogens is 236 g/mol. The summed E-state index contributed by atoms with van der Waals surface area (Å²) in [5, 5.41) is 5.22. The normalized spacial score (nSPS) is 11.2. The minimum Gasteiger partial charge on any atom is -0.375 e. The Labute approximate surface area is 94.7 Å². The van der Waals surface area contributed by atoms with Crippen LogP contribution in [0.2, 0.25) is 5.02 Å². The third-order valence-electron chi connectivity index (χ3n) is 1.59. The summed E-state index contributed by atoms with van der Waals surface area (Å²) in [5.41, 5.74) is 6.38. The first-order valence-corrected chi connectivity index (χ1v) is 6.01. The number of nitrogens with zero attached hydrogens (tertiary/aromatic N) is 1. The molecule has 0 aliphatic rings. The van der Waals surface area contributed by atoms with Gasteiger partial charge >= 0.3 is 0 Å². The van der Waals surface area contributed by atoms with Gasteiger partial charge in [0.2, 0.25) is 0 Å². The molecule has 0 unspecified atom stereocenters. The van der Waals surface area contributed by atoms with Crippen LogP contribution in [0.4, 0.5) is 5.13 Å². The molecule has 2 heterocycles. The number of thiophene rings is 1. The Kier molecular flexibility index (Phi) is 2.86. The van der Waals surface area contributed by atoms with E-state index in [-0.39, 0.29) is 0 Å². The Hall–Kier alpha value is -0.840. The van der Waals surface area contributed by atoms with Crippen LogP contribution in [0.1, 0.15) is 10.6 Å². The minimum atomic E-state index is 0.585. The quantitative estimate of drug-likeness (QED) is 0.874. The number of thiazole rings is 1. The monoisotopic (exact) mass is 242 g/mol. The van der Waals surface area contributed by atoms with Gasteiger partial charge in [0.1, 0.15) is 0 Å². The highest BCUT2D eigenvalue weighted by molar-refractivity contribution is 7.13. The Balaban J connectivity index is 2.19. The van der Waals surface area contributed by atoms with Crippen LogP contribution in [-0.2, 0) is 0 Å². The first kappa shape index (κ1) is 9.71. The topological polar surface area (TPSA) is 38.9 Å². The molecule has 0 atom stereocenters. The second kappa shape index (κ2) is 4.13. The van der Waals surface area contributed by atoms with Crippen LogP contribution in [0.15, 0.2) is 16.8 Å². The minimum absolute atomic E-state index is 0.585. The molecule has 0 fully saturated rings. The van der Waals surface area contributed by atoms with Gasteiger partial charge in [0, 0.05) is 10.3 Å². The van der Waals surface area contributed by atoms with Crippen LogP contribution in [0.5, 0.6) is 0 Å². The van der Waals surface area contributed by atoms with Crippen molar-refractivity contribution in [3.8, 4) is 0 Å². The number of nitrogens with two attached hydrogens (primary N) is 1. The molecule has 0 saturated heterocycles. The van der Waals surface area contributed by atoms with Gasteiger partial charge in [-0.1, -0.05) is 11.6 Å². The van der Waals surface area contributed by atoms with Crippen LogP contribution in [0, 0.1) is 0 Å². The molecule has 0 bridgehead atoms. The first-order chi connectivity index (χ1) is 6.75. The summed E-state index contributed by atoms with van der Waals surface area (Å²) in [5.74, 6) is 0. The zero-order chi connectivity index (χ0) is 9.97. The van der Waals surface area contributed by atoms with Crippen molar-refractivity contribution in [2.24, 2.45) is 0 Å². The van der Waals surface area contributed by atoms with E-state index in [9.17, 15) is 0 Å². The van der Waals surface area contributed by atoms with Gasteiger partial charge in [0.15, 0.2) is 5.13 Å². The van der Waals surface area contributed by atoms with E-state index in [1.165, 1.54) is 11.3 Å². The van der Waals surface area contributed by atoms with E-state index >= 15 is 0 Å². The fraction of sp³-hybridized carbons (Fsp3) is 0. The number of hydrogen-bond donors (Lipinski definition) is 1. The highest BCUT2D eigenvalue weighted by Crippen LogP contribution is 2.24. The number of aromatic nitrogens is 1. The third kappa shape index (κ3) is 2.15. The Morgan fingerprint density at radius 1 is 1.36 bits per heavy atom. The molecule has 0 radical (unpaired) electrons. The van der Waals surface area contributed by atoms with Gasteiger partial charge < -0.3 is 5.73 Å². The molecule has 2 aromatic heterocycles. The molecule has 0 spiro atoms. The van der Waals surface area contributed by atoms with Crippen LogP contribution in [0.25, 0.3) is 12.2 Å². The summed E-state index contributed by atoms with van der Waals surface area (Å²) in [6.45, 7) is 0. The largest absolute Gasteiger partial charge is 0.375 e. The summed E-state index contributed by atoms with van der Waals surface area (Å²) in [7, 11) is 0. The van der Waals surface area contributed by atoms with E-state index in [1.54, 1.807) is 11.3 Å². The third-order valence-corrected chi connectivity index (χ3v) is 3.61. The summed E-state index contributed by atoms with van der Waals surface area (Å²) in [6.07, 6.45) is 3.85. The Morgan fingerprint density at radius 2 is 2.21 bits per heavy atom. The Morgan fingerprint density at radius 3 is 2.79 bits per heavy atom. The second-order valence-electron chi connectivity index (χ2n) is 2.58. The van der Waals surface area contributed by atoms with Gasteiger partial charge in [-0.05, 0) is 23.6 Å². The number of anilines is 1. The predicted molar refractivity (Wildman–Crippen MR) is 64.8 cm³/mol. The average molecular weight is 243 g/mol. The van der Waals surface area contributed by atoms with Crippen LogP contribution < -0.4 is 5.73 Å². The lowest BCUT2D eigenvalue weighted by Crippen LogP contribution is -1.80. The molecule has 2 N–H and O–H groups in total. The highest BCUT2D eigenvalue weighted by Gasteiger charge is 1.97. The van der Waals surface area contributed by atoms with Crippen LogP contribution in [0.3, 0.4) is 0 Å². The molecule has 2 aromatic rings. The average Bonchev–Trinajstić information content (AvgIpc) is 2.72. The van der Waals surface area contributed by atoms with Crippen molar-refractivity contribution in [2.45, 2.75) is 0 Å². The van der Waals surface area contributed by atoms with Crippen molar-refractivity contribution in [1.29, 1.82) is 0 Å². The number of halogens is 1. The number of rotatable bonds is 2. The molecular formula is C9H7ClN2S2. The molecule has 2 nitrogen and oxygen atoms in total. The van der Waals surface area contributed by atoms with E-state index in [4.69, 9.17) is 17.3 Å². The summed E-state index contributed by atoms with van der Waals surface area (Å²) in [4.78, 5) is 5.15. The van der Waals surface area contributed by atoms with E-state index in [0.717, 1.165) is 15.6 Å². The van der Waals surface area contributed by atoms with Crippen molar-refractivity contribution in [3.63, 3.8) is 0 Å². The number of nitrogen functional groups attached to an aromatic ring is 1. The fourth-order valence-corrected chi connectivity index (χ4v) is 2.51. The zero-order valence-corrected chi connectivity index (χ0v) is 9.49. The molecule has 0 aliphatic heterocycles. The van der Waals surface area contributed by atoms with Crippen molar-refractivity contribution in [2.75, 3.05) is 5.73 Å². The van der Waals surface area contributed by atoms with Crippen LogP contribution in [-0.4, -0.2) is 4.98 Å². The van der Waals surface area contributed by atoms with Gasteiger partial charge in [0.25, 0.3) is 0 Å². The SMILES string of the molecule is Nc1nc(/C=C/c2sccc2Cl)cs1. The molecule has 0 saturated carbocycles. The van der Waals surface area contributed by atoms with Gasteiger partial charge in [-0.3, -0.25) is 0 Å². The molecule has 0 amide bonds. The highest BCUT2D eigenvalue weighted by atomic mass is 35.5. The lowest BCUT2D eigenvalue weighted by molar-refractivity contribution is 1.39. The maximum absolute atomic E-state index is 5.93. The molecule has 0 aliphatic carbocycles. The lowest BCUT2D eigenvalue weighted by atomic mass is 10.3. The maximum Gasteiger partial charge on any atom is 0.180 e. The second-order valence-corrected chi connectivity index (χ2v) is 4.82. The van der Waals surface area contributed by atoms with Crippen molar-refractivity contribution >= 4 is 51.6 Å². The Bertz CT molecular complexity index is 459. The zero-order valence-electron chi connectivity index (χ0n) is 7.11. The van der Waals surface area contributed by atoms with E-state index in [2.05, 4.69) is 4.98 Å². The molecule has 0 aromatic carbocycles.